The van der Waals surface area contributed by atoms with Gasteiger partial charge in [-0.05, 0) is 37.1 Å². The summed E-state index contributed by atoms with van der Waals surface area (Å²) < 4.78 is 57.4. The van der Waals surface area contributed by atoms with Gasteiger partial charge in [0.25, 0.3) is 0 Å². The minimum atomic E-state index is -4.05. The van der Waals surface area contributed by atoms with Crippen LogP contribution in [-0.2, 0) is 20.0 Å². The van der Waals surface area contributed by atoms with Gasteiger partial charge in [0.15, 0.2) is 0 Å². The summed E-state index contributed by atoms with van der Waals surface area (Å²) in [4.78, 5) is 8.42. The van der Waals surface area contributed by atoms with Crippen molar-refractivity contribution in [3.63, 3.8) is 0 Å². The second kappa shape index (κ2) is 8.97. The Morgan fingerprint density at radius 1 is 0.800 bits per heavy atom. The zero-order valence-corrected chi connectivity index (χ0v) is 18.4. The lowest BCUT2D eigenvalue weighted by atomic mass is 10.2. The Balaban J connectivity index is 1.99. The lowest BCUT2D eigenvalue weighted by Gasteiger charge is -2.24. The van der Waals surface area contributed by atoms with E-state index in [1.165, 1.54) is 12.1 Å². The maximum absolute atomic E-state index is 12.8. The third kappa shape index (κ3) is 4.88. The molecule has 3 rings (SSSR count). The molecule has 0 spiro atoms. The van der Waals surface area contributed by atoms with E-state index in [1.807, 2.05) is 0 Å². The SMILES string of the molecule is CCCS(=O)(=O)N(c1cccc(Oc2ccc3nccnc3c2)c1)S(=O)(=O)CCC. The van der Waals surface area contributed by atoms with Gasteiger partial charge in [0.05, 0.1) is 28.2 Å². The van der Waals surface area contributed by atoms with Crippen LogP contribution in [0.1, 0.15) is 26.7 Å². The quantitative estimate of drug-likeness (QED) is 0.490. The molecule has 0 saturated heterocycles. The second-order valence-corrected chi connectivity index (χ2v) is 10.7. The largest absolute Gasteiger partial charge is 0.457 e. The number of benzene rings is 2. The molecule has 2 aromatic carbocycles. The fourth-order valence-electron chi connectivity index (χ4n) is 2.98. The molecule has 1 heterocycles. The Morgan fingerprint density at radius 3 is 2.03 bits per heavy atom. The van der Waals surface area contributed by atoms with Gasteiger partial charge in [-0.1, -0.05) is 19.9 Å². The molecule has 10 heteroatoms. The summed E-state index contributed by atoms with van der Waals surface area (Å²) in [5, 5.41) is 0. The predicted molar refractivity (Wildman–Crippen MR) is 117 cm³/mol. The molecule has 160 valence electrons. The molecule has 0 N–H and O–H groups in total. The zero-order chi connectivity index (χ0) is 21.8. The molecule has 3 aromatic rings. The number of hydrogen-bond acceptors (Lipinski definition) is 7. The van der Waals surface area contributed by atoms with Gasteiger partial charge in [-0.2, -0.15) is 3.71 Å². The highest BCUT2D eigenvalue weighted by Gasteiger charge is 2.33. The molecule has 0 amide bonds. The van der Waals surface area contributed by atoms with E-state index in [0.29, 0.717) is 39.1 Å². The molecule has 0 aliphatic rings. The van der Waals surface area contributed by atoms with Crippen LogP contribution in [-0.4, -0.2) is 38.3 Å². The van der Waals surface area contributed by atoms with E-state index in [0.717, 1.165) is 0 Å². The molecule has 0 fully saturated rings. The smallest absolute Gasteiger partial charge is 0.248 e. The third-order valence-electron chi connectivity index (χ3n) is 4.13. The van der Waals surface area contributed by atoms with Crippen LogP contribution in [0.4, 0.5) is 5.69 Å². The van der Waals surface area contributed by atoms with E-state index in [2.05, 4.69) is 9.97 Å². The molecule has 30 heavy (non-hydrogen) atoms. The molecule has 8 nitrogen and oxygen atoms in total. The van der Waals surface area contributed by atoms with E-state index in [4.69, 9.17) is 4.74 Å². The first-order valence-electron chi connectivity index (χ1n) is 9.51. The number of anilines is 1. The van der Waals surface area contributed by atoms with E-state index in [9.17, 15) is 16.8 Å². The number of sulfonamides is 2. The third-order valence-corrected chi connectivity index (χ3v) is 8.78. The molecule has 0 bridgehead atoms. The molecule has 0 atom stereocenters. The van der Waals surface area contributed by atoms with Gasteiger partial charge in [-0.15, -0.1) is 0 Å². The van der Waals surface area contributed by atoms with Crippen molar-refractivity contribution in [2.24, 2.45) is 0 Å². The normalized spacial score (nSPS) is 12.1. The summed E-state index contributed by atoms with van der Waals surface area (Å²) in [6.07, 6.45) is 3.76. The van der Waals surface area contributed by atoms with Gasteiger partial charge >= 0.3 is 0 Å². The van der Waals surface area contributed by atoms with E-state index in [-0.39, 0.29) is 17.2 Å². The summed E-state index contributed by atoms with van der Waals surface area (Å²) in [7, 11) is -8.10. The fraction of sp³-hybridized carbons (Fsp3) is 0.300. The van der Waals surface area contributed by atoms with Gasteiger partial charge < -0.3 is 4.74 Å². The Hall–Kier alpha value is -2.72. The molecule has 1 aromatic heterocycles. The van der Waals surface area contributed by atoms with Crippen LogP contribution in [0.3, 0.4) is 0 Å². The van der Waals surface area contributed by atoms with Crippen molar-refractivity contribution in [3.8, 4) is 11.5 Å². The van der Waals surface area contributed by atoms with Crippen molar-refractivity contribution in [2.75, 3.05) is 15.2 Å². The molecule has 0 radical (unpaired) electrons. The standard InChI is InChI=1S/C20H23N3O5S2/c1-3-12-29(24,25)23(30(26,27)13-4-2)16-6-5-7-17(14-16)28-18-8-9-19-20(15-18)22-11-10-21-19/h5-11,14-15H,3-4,12-13H2,1-2H3. The number of fused-ring (bicyclic) bond motifs is 1. The van der Waals surface area contributed by atoms with Crippen molar-refractivity contribution in [3.05, 3.63) is 54.9 Å². The summed E-state index contributed by atoms with van der Waals surface area (Å²) in [5.74, 6) is 0.230. The predicted octanol–water partition coefficient (Wildman–Crippen LogP) is 3.71. The Kier molecular flexibility index (Phi) is 6.57. The average molecular weight is 450 g/mol. The Morgan fingerprint density at radius 2 is 1.40 bits per heavy atom. The number of nitrogens with zero attached hydrogens (tertiary/aromatic N) is 3. The maximum Gasteiger partial charge on any atom is 0.248 e. The molecule has 0 saturated carbocycles. The van der Waals surface area contributed by atoms with E-state index < -0.39 is 20.0 Å². The van der Waals surface area contributed by atoms with Crippen LogP contribution in [0.25, 0.3) is 11.0 Å². The summed E-state index contributed by atoms with van der Waals surface area (Å²) in [6, 6.07) is 11.2. The molecule has 0 unspecified atom stereocenters. The van der Waals surface area contributed by atoms with Crippen molar-refractivity contribution in [1.29, 1.82) is 0 Å². The summed E-state index contributed by atoms with van der Waals surface area (Å²) in [6.45, 7) is 3.37. The van der Waals surface area contributed by atoms with Crippen LogP contribution in [0.2, 0.25) is 0 Å². The topological polar surface area (TPSA) is 107 Å². The number of ether oxygens (including phenoxy) is 1. The van der Waals surface area contributed by atoms with Gasteiger partial charge in [-0.3, -0.25) is 9.97 Å². The molecule has 0 aliphatic heterocycles. The van der Waals surface area contributed by atoms with Gasteiger partial charge in [0.1, 0.15) is 11.5 Å². The van der Waals surface area contributed by atoms with E-state index in [1.54, 1.807) is 56.6 Å². The first-order valence-corrected chi connectivity index (χ1v) is 12.7. The number of aromatic nitrogens is 2. The van der Waals surface area contributed by atoms with Crippen molar-refractivity contribution in [1.82, 2.24) is 9.97 Å². The number of rotatable bonds is 9. The van der Waals surface area contributed by atoms with Crippen molar-refractivity contribution in [2.45, 2.75) is 26.7 Å². The fourth-order valence-corrected chi connectivity index (χ4v) is 7.04. The van der Waals surface area contributed by atoms with Crippen molar-refractivity contribution >= 4 is 36.8 Å². The van der Waals surface area contributed by atoms with Gasteiger partial charge in [-0.25, -0.2) is 16.8 Å². The van der Waals surface area contributed by atoms with Crippen LogP contribution in [0.15, 0.2) is 54.9 Å². The zero-order valence-electron chi connectivity index (χ0n) is 16.7. The molecular formula is C20H23N3O5S2. The van der Waals surface area contributed by atoms with Crippen molar-refractivity contribution < 1.29 is 21.6 Å². The highest BCUT2D eigenvalue weighted by Crippen LogP contribution is 2.30. The summed E-state index contributed by atoms with van der Waals surface area (Å²) in [5.41, 5.74) is 1.37. The molecular weight excluding hydrogens is 426 g/mol. The highest BCUT2D eigenvalue weighted by molar-refractivity contribution is 8.10. The first-order chi connectivity index (χ1) is 14.3. The number of hydrogen-bond donors (Lipinski definition) is 0. The van der Waals surface area contributed by atoms with Gasteiger partial charge in [0, 0.05) is 24.5 Å². The average Bonchev–Trinajstić information content (AvgIpc) is 2.67. The van der Waals surface area contributed by atoms with Crippen LogP contribution in [0, 0.1) is 0 Å². The minimum Gasteiger partial charge on any atom is -0.457 e. The summed E-state index contributed by atoms with van der Waals surface area (Å²) >= 11 is 0. The first kappa shape index (κ1) is 22.0. The highest BCUT2D eigenvalue weighted by atomic mass is 32.3. The minimum absolute atomic E-state index is 0.0231. The lowest BCUT2D eigenvalue weighted by molar-refractivity contribution is 0.483. The Bertz CT molecular complexity index is 1210. The van der Waals surface area contributed by atoms with Crippen LogP contribution < -0.4 is 8.45 Å². The van der Waals surface area contributed by atoms with Gasteiger partial charge in [0.2, 0.25) is 20.0 Å². The molecule has 0 aliphatic carbocycles. The van der Waals surface area contributed by atoms with E-state index >= 15 is 0 Å². The lowest BCUT2D eigenvalue weighted by Crippen LogP contribution is -2.39. The second-order valence-electron chi connectivity index (χ2n) is 6.64. The van der Waals surface area contributed by atoms with Crippen LogP contribution >= 0.6 is 0 Å². The van der Waals surface area contributed by atoms with Crippen LogP contribution in [0.5, 0.6) is 11.5 Å². The Labute approximate surface area is 176 Å². The maximum atomic E-state index is 12.8. The monoisotopic (exact) mass is 449 g/mol.